The number of hydrogen-bond donors (Lipinski definition) is 1. The van der Waals surface area contributed by atoms with Crippen LogP contribution in [0.3, 0.4) is 0 Å². The molecule has 0 atom stereocenters. The number of rotatable bonds is 1. The fraction of sp³-hybridized carbons (Fsp3) is 1.00. The lowest BCUT2D eigenvalue weighted by Gasteiger charge is -2.32. The van der Waals surface area contributed by atoms with Crippen molar-refractivity contribution < 1.29 is 0 Å². The average Bonchev–Trinajstić information content (AvgIpc) is 1.90. The molecule has 2 heteroatoms. The minimum atomic E-state index is 0.450. The van der Waals surface area contributed by atoms with E-state index >= 15 is 0 Å². The van der Waals surface area contributed by atoms with Crippen molar-refractivity contribution in [2.45, 2.75) is 25.3 Å². The summed E-state index contributed by atoms with van der Waals surface area (Å²) in [5, 5.41) is 3.37. The van der Waals surface area contributed by atoms with Crippen LogP contribution in [-0.4, -0.2) is 24.1 Å². The summed E-state index contributed by atoms with van der Waals surface area (Å²) in [6.45, 7) is 2.31. The third-order valence-corrected chi connectivity index (χ3v) is 3.19. The van der Waals surface area contributed by atoms with Gasteiger partial charge in [-0.05, 0) is 38.3 Å². The second-order valence-electron chi connectivity index (χ2n) is 2.92. The van der Waals surface area contributed by atoms with E-state index in [-0.39, 0.29) is 0 Å². The Morgan fingerprint density at radius 1 is 1.33 bits per heavy atom. The van der Waals surface area contributed by atoms with Gasteiger partial charge in [0.2, 0.25) is 0 Å². The van der Waals surface area contributed by atoms with Gasteiger partial charge < -0.3 is 5.32 Å². The predicted octanol–water partition coefficient (Wildman–Crippen LogP) is 1.49. The molecule has 0 aliphatic carbocycles. The van der Waals surface area contributed by atoms with Gasteiger partial charge in [-0.3, -0.25) is 0 Å². The summed E-state index contributed by atoms with van der Waals surface area (Å²) in [5.41, 5.74) is 0.450. The summed E-state index contributed by atoms with van der Waals surface area (Å²) in [7, 11) is 2.07. The van der Waals surface area contributed by atoms with Crippen LogP contribution < -0.4 is 5.32 Å². The maximum atomic E-state index is 3.37. The average molecular weight is 145 g/mol. The lowest BCUT2D eigenvalue weighted by Crippen LogP contribution is -2.42. The van der Waals surface area contributed by atoms with Crippen LogP contribution in [0.15, 0.2) is 0 Å². The first kappa shape index (κ1) is 7.42. The van der Waals surface area contributed by atoms with Crippen molar-refractivity contribution in [3.05, 3.63) is 0 Å². The molecule has 0 amide bonds. The predicted molar refractivity (Wildman–Crippen MR) is 44.0 cm³/mol. The Morgan fingerprint density at radius 3 is 2.22 bits per heavy atom. The van der Waals surface area contributed by atoms with Gasteiger partial charge in [0.05, 0.1) is 0 Å². The van der Waals surface area contributed by atoms with Gasteiger partial charge in [0, 0.05) is 5.54 Å². The normalized spacial score (nSPS) is 26.0. The molecule has 0 aromatic rings. The second-order valence-corrected chi connectivity index (χ2v) is 4.15. The van der Waals surface area contributed by atoms with E-state index in [1.807, 2.05) is 0 Å². The maximum absolute atomic E-state index is 3.37. The molecule has 0 bridgehead atoms. The van der Waals surface area contributed by atoms with Crippen LogP contribution in [0.2, 0.25) is 0 Å². The van der Waals surface area contributed by atoms with Gasteiger partial charge in [0.25, 0.3) is 0 Å². The molecule has 1 saturated heterocycles. The molecule has 1 rings (SSSR count). The Morgan fingerprint density at radius 2 is 1.89 bits per heavy atom. The Labute approximate surface area is 61.6 Å². The van der Waals surface area contributed by atoms with Crippen molar-refractivity contribution >= 4 is 11.8 Å². The fourth-order valence-electron chi connectivity index (χ4n) is 1.07. The zero-order chi connectivity index (χ0) is 6.74. The summed E-state index contributed by atoms with van der Waals surface area (Å²) in [4.78, 5) is 0. The quantitative estimate of drug-likeness (QED) is 0.600. The number of hydrogen-bond acceptors (Lipinski definition) is 2. The number of thioether (sulfide) groups is 1. The SMILES string of the molecule is CNC1(C)CCSCC1. The molecular weight excluding hydrogens is 130 g/mol. The highest BCUT2D eigenvalue weighted by atomic mass is 32.2. The van der Waals surface area contributed by atoms with Gasteiger partial charge in [-0.15, -0.1) is 0 Å². The fourth-order valence-corrected chi connectivity index (χ4v) is 2.47. The molecule has 0 radical (unpaired) electrons. The zero-order valence-corrected chi connectivity index (χ0v) is 7.05. The molecule has 1 nitrogen and oxygen atoms in total. The molecule has 0 spiro atoms. The summed E-state index contributed by atoms with van der Waals surface area (Å²) in [5.74, 6) is 2.66. The monoisotopic (exact) mass is 145 g/mol. The van der Waals surface area contributed by atoms with Gasteiger partial charge in [-0.2, -0.15) is 11.8 Å². The molecule has 1 aliphatic heterocycles. The summed E-state index contributed by atoms with van der Waals surface area (Å²) in [6.07, 6.45) is 2.66. The Balaban J connectivity index is 2.37. The van der Waals surface area contributed by atoms with Crippen LogP contribution in [0.5, 0.6) is 0 Å². The highest BCUT2D eigenvalue weighted by Crippen LogP contribution is 2.25. The zero-order valence-electron chi connectivity index (χ0n) is 6.24. The molecule has 1 aliphatic rings. The van der Waals surface area contributed by atoms with Gasteiger partial charge in [0.1, 0.15) is 0 Å². The highest BCUT2D eigenvalue weighted by Gasteiger charge is 2.23. The lowest BCUT2D eigenvalue weighted by molar-refractivity contribution is 0.358. The first-order chi connectivity index (χ1) is 4.27. The first-order valence-electron chi connectivity index (χ1n) is 3.53. The van der Waals surface area contributed by atoms with Crippen LogP contribution in [0.4, 0.5) is 0 Å². The molecule has 0 aromatic carbocycles. The summed E-state index contributed by atoms with van der Waals surface area (Å²) in [6, 6.07) is 0. The van der Waals surface area contributed by atoms with E-state index < -0.39 is 0 Å². The molecule has 9 heavy (non-hydrogen) atoms. The summed E-state index contributed by atoms with van der Waals surface area (Å²) < 4.78 is 0. The largest absolute Gasteiger partial charge is 0.314 e. The van der Waals surface area contributed by atoms with Crippen LogP contribution in [0, 0.1) is 0 Å². The van der Waals surface area contributed by atoms with Crippen LogP contribution in [-0.2, 0) is 0 Å². The van der Waals surface area contributed by atoms with Crippen LogP contribution in [0.25, 0.3) is 0 Å². The van der Waals surface area contributed by atoms with Crippen LogP contribution >= 0.6 is 11.8 Å². The maximum Gasteiger partial charge on any atom is 0.0166 e. The lowest BCUT2D eigenvalue weighted by atomic mass is 9.95. The highest BCUT2D eigenvalue weighted by molar-refractivity contribution is 7.99. The minimum Gasteiger partial charge on any atom is -0.314 e. The third kappa shape index (κ3) is 1.87. The van der Waals surface area contributed by atoms with Crippen molar-refractivity contribution in [3.63, 3.8) is 0 Å². The van der Waals surface area contributed by atoms with Crippen molar-refractivity contribution in [1.29, 1.82) is 0 Å². The number of nitrogens with one attached hydrogen (secondary N) is 1. The molecule has 1 heterocycles. The molecule has 0 unspecified atom stereocenters. The van der Waals surface area contributed by atoms with Crippen molar-refractivity contribution in [3.8, 4) is 0 Å². The molecule has 54 valence electrons. The smallest absolute Gasteiger partial charge is 0.0166 e. The van der Waals surface area contributed by atoms with E-state index in [0.717, 1.165) is 0 Å². The second kappa shape index (κ2) is 2.93. The van der Waals surface area contributed by atoms with Gasteiger partial charge in [-0.25, -0.2) is 0 Å². The molecule has 0 aromatic heterocycles. The first-order valence-corrected chi connectivity index (χ1v) is 4.69. The molecule has 1 fully saturated rings. The van der Waals surface area contributed by atoms with E-state index in [2.05, 4.69) is 31.1 Å². The van der Waals surface area contributed by atoms with E-state index in [0.29, 0.717) is 5.54 Å². The van der Waals surface area contributed by atoms with E-state index in [9.17, 15) is 0 Å². The standard InChI is InChI=1S/C7H15NS/c1-7(8-2)3-5-9-6-4-7/h8H,3-6H2,1-2H3. The Hall–Kier alpha value is 0.310. The third-order valence-electron chi connectivity index (χ3n) is 2.20. The topological polar surface area (TPSA) is 12.0 Å². The van der Waals surface area contributed by atoms with E-state index in [1.165, 1.54) is 24.3 Å². The van der Waals surface area contributed by atoms with Crippen molar-refractivity contribution in [2.24, 2.45) is 0 Å². The van der Waals surface area contributed by atoms with E-state index in [1.54, 1.807) is 0 Å². The van der Waals surface area contributed by atoms with Crippen LogP contribution in [0.1, 0.15) is 19.8 Å². The molecular formula is C7H15NS. The Kier molecular flexibility index (Phi) is 2.42. The van der Waals surface area contributed by atoms with Gasteiger partial charge >= 0.3 is 0 Å². The minimum absolute atomic E-state index is 0.450. The van der Waals surface area contributed by atoms with Crippen molar-refractivity contribution in [2.75, 3.05) is 18.6 Å². The van der Waals surface area contributed by atoms with Gasteiger partial charge in [0.15, 0.2) is 0 Å². The summed E-state index contributed by atoms with van der Waals surface area (Å²) >= 11 is 2.07. The Bertz CT molecular complexity index is 86.9. The molecule has 1 N–H and O–H groups in total. The van der Waals surface area contributed by atoms with Gasteiger partial charge in [-0.1, -0.05) is 0 Å². The van der Waals surface area contributed by atoms with Crippen molar-refractivity contribution in [1.82, 2.24) is 5.32 Å². The van der Waals surface area contributed by atoms with E-state index in [4.69, 9.17) is 0 Å². The molecule has 0 saturated carbocycles.